The number of rotatable bonds is 5. The van der Waals surface area contributed by atoms with Crippen molar-refractivity contribution in [2.75, 3.05) is 18.9 Å². The molecule has 0 saturated heterocycles. The van der Waals surface area contributed by atoms with Gasteiger partial charge < -0.3 is 9.47 Å². The molecular weight excluding hydrogens is 377 g/mol. The molecule has 0 bridgehead atoms. The van der Waals surface area contributed by atoms with Crippen molar-refractivity contribution >= 4 is 44.9 Å². The van der Waals surface area contributed by atoms with Crippen molar-refractivity contribution in [3.05, 3.63) is 52.0 Å². The Hall–Kier alpha value is -1.96. The summed E-state index contributed by atoms with van der Waals surface area (Å²) in [7, 11) is -1.41. The lowest BCUT2D eigenvalue weighted by Gasteiger charge is -2.13. The monoisotopic (exact) mass is 389 g/mol. The second-order valence-corrected chi connectivity index (χ2v) is 7.08. The average molecular weight is 390 g/mol. The first-order valence-electron chi connectivity index (χ1n) is 6.52. The molecule has 0 aliphatic rings. The zero-order valence-corrected chi connectivity index (χ0v) is 15.0. The van der Waals surface area contributed by atoms with Crippen molar-refractivity contribution in [1.29, 1.82) is 0 Å². The first-order chi connectivity index (χ1) is 11.3. The molecule has 2 rings (SSSR count). The minimum Gasteiger partial charge on any atom is -0.495 e. The second-order valence-electron chi connectivity index (χ2n) is 4.59. The third-order valence-corrected chi connectivity index (χ3v) is 5.13. The highest BCUT2D eigenvalue weighted by atomic mass is 35.5. The Morgan fingerprint density at radius 2 is 1.79 bits per heavy atom. The lowest BCUT2D eigenvalue weighted by molar-refractivity contribution is 0.0600. The van der Waals surface area contributed by atoms with Crippen LogP contribution in [0.5, 0.6) is 5.75 Å². The highest BCUT2D eigenvalue weighted by Gasteiger charge is 2.21. The Balaban J connectivity index is 2.46. The van der Waals surface area contributed by atoms with Crippen LogP contribution in [-0.4, -0.2) is 28.6 Å². The van der Waals surface area contributed by atoms with Gasteiger partial charge in [0.15, 0.2) is 0 Å². The molecule has 0 fully saturated rings. The maximum absolute atomic E-state index is 12.5. The van der Waals surface area contributed by atoms with E-state index in [-0.39, 0.29) is 26.9 Å². The fourth-order valence-corrected chi connectivity index (χ4v) is 3.76. The van der Waals surface area contributed by atoms with E-state index in [0.717, 1.165) is 0 Å². The molecule has 128 valence electrons. The highest BCUT2D eigenvalue weighted by Crippen LogP contribution is 2.31. The van der Waals surface area contributed by atoms with Crippen LogP contribution in [0.25, 0.3) is 0 Å². The number of carbonyl (C=O) groups excluding carboxylic acids is 1. The van der Waals surface area contributed by atoms with Crippen molar-refractivity contribution in [3.63, 3.8) is 0 Å². The van der Waals surface area contributed by atoms with Gasteiger partial charge in [0.05, 0.1) is 30.5 Å². The van der Waals surface area contributed by atoms with Crippen molar-refractivity contribution in [3.8, 4) is 5.75 Å². The number of ether oxygens (including phenoxy) is 2. The maximum Gasteiger partial charge on any atom is 0.337 e. The fraction of sp³-hybridized carbons (Fsp3) is 0.133. The van der Waals surface area contributed by atoms with E-state index in [1.165, 1.54) is 50.6 Å². The molecule has 0 saturated carbocycles. The van der Waals surface area contributed by atoms with E-state index >= 15 is 0 Å². The Morgan fingerprint density at radius 1 is 1.08 bits per heavy atom. The molecule has 0 aliphatic heterocycles. The lowest BCUT2D eigenvalue weighted by atomic mass is 10.2. The Bertz CT molecular complexity index is 883. The Morgan fingerprint density at radius 3 is 2.38 bits per heavy atom. The largest absolute Gasteiger partial charge is 0.495 e. The van der Waals surface area contributed by atoms with Gasteiger partial charge in [-0.1, -0.05) is 23.2 Å². The van der Waals surface area contributed by atoms with E-state index in [1.54, 1.807) is 0 Å². The van der Waals surface area contributed by atoms with Crippen molar-refractivity contribution in [2.45, 2.75) is 4.90 Å². The standard InChI is InChI=1S/C15H13Cl2NO5S/c1-22-13-5-3-9(15(19)23-2)7-12(13)18-24(20,21)14-6-4-10(16)8-11(14)17/h3-8,18H,1-2H3. The summed E-state index contributed by atoms with van der Waals surface area (Å²) >= 11 is 11.7. The third-order valence-electron chi connectivity index (χ3n) is 3.05. The van der Waals surface area contributed by atoms with Gasteiger partial charge in [-0.2, -0.15) is 0 Å². The molecule has 2 aromatic carbocycles. The van der Waals surface area contributed by atoms with Crippen LogP contribution in [0.2, 0.25) is 10.0 Å². The molecule has 0 spiro atoms. The SMILES string of the molecule is COC(=O)c1ccc(OC)c(NS(=O)(=O)c2ccc(Cl)cc2Cl)c1. The molecular formula is C15H13Cl2NO5S. The first kappa shape index (κ1) is 18.4. The number of benzene rings is 2. The molecule has 0 radical (unpaired) electrons. The number of nitrogens with one attached hydrogen (secondary N) is 1. The molecule has 0 amide bonds. The number of methoxy groups -OCH3 is 2. The third kappa shape index (κ3) is 3.92. The Kier molecular flexibility index (Phi) is 5.58. The van der Waals surface area contributed by atoms with Crippen LogP contribution in [0.1, 0.15) is 10.4 Å². The normalized spacial score (nSPS) is 11.0. The maximum atomic E-state index is 12.5. The van der Waals surface area contributed by atoms with Gasteiger partial charge in [-0.25, -0.2) is 13.2 Å². The fourth-order valence-electron chi connectivity index (χ4n) is 1.93. The van der Waals surface area contributed by atoms with Crippen molar-refractivity contribution in [1.82, 2.24) is 0 Å². The number of hydrogen-bond acceptors (Lipinski definition) is 5. The van der Waals surface area contributed by atoms with Crippen LogP contribution in [0.15, 0.2) is 41.3 Å². The van der Waals surface area contributed by atoms with E-state index in [1.807, 2.05) is 0 Å². The molecule has 6 nitrogen and oxygen atoms in total. The molecule has 2 aromatic rings. The van der Waals surface area contributed by atoms with E-state index in [2.05, 4.69) is 9.46 Å². The summed E-state index contributed by atoms with van der Waals surface area (Å²) in [6.45, 7) is 0. The summed E-state index contributed by atoms with van der Waals surface area (Å²) < 4.78 is 37.2. The average Bonchev–Trinajstić information content (AvgIpc) is 2.53. The first-order valence-corrected chi connectivity index (χ1v) is 8.76. The van der Waals surface area contributed by atoms with E-state index in [0.29, 0.717) is 5.02 Å². The van der Waals surface area contributed by atoms with Crippen LogP contribution in [0, 0.1) is 0 Å². The number of carbonyl (C=O) groups is 1. The number of hydrogen-bond donors (Lipinski definition) is 1. The number of sulfonamides is 1. The number of esters is 1. The summed E-state index contributed by atoms with van der Waals surface area (Å²) in [6.07, 6.45) is 0. The van der Waals surface area contributed by atoms with E-state index in [9.17, 15) is 13.2 Å². The molecule has 24 heavy (non-hydrogen) atoms. The topological polar surface area (TPSA) is 81.7 Å². The van der Waals surface area contributed by atoms with Gasteiger partial charge in [0.2, 0.25) is 0 Å². The predicted octanol–water partition coefficient (Wildman–Crippen LogP) is 3.59. The zero-order chi connectivity index (χ0) is 17.9. The van der Waals surface area contributed by atoms with Crippen LogP contribution < -0.4 is 9.46 Å². The van der Waals surface area contributed by atoms with Gasteiger partial charge in [-0.3, -0.25) is 4.72 Å². The van der Waals surface area contributed by atoms with Gasteiger partial charge in [0, 0.05) is 5.02 Å². The molecule has 0 aromatic heterocycles. The lowest BCUT2D eigenvalue weighted by Crippen LogP contribution is -2.15. The van der Waals surface area contributed by atoms with Gasteiger partial charge in [-0.15, -0.1) is 0 Å². The molecule has 9 heteroatoms. The summed E-state index contributed by atoms with van der Waals surface area (Å²) in [5.41, 5.74) is 0.240. The molecule has 0 unspecified atom stereocenters. The summed E-state index contributed by atoms with van der Waals surface area (Å²) in [5, 5.41) is 0.280. The molecule has 1 N–H and O–H groups in total. The quantitative estimate of drug-likeness (QED) is 0.790. The minimum absolute atomic E-state index is 0.0295. The van der Waals surface area contributed by atoms with Gasteiger partial charge in [0.1, 0.15) is 10.6 Å². The Labute approximate surface area is 149 Å². The van der Waals surface area contributed by atoms with Crippen molar-refractivity contribution in [2.24, 2.45) is 0 Å². The summed E-state index contributed by atoms with van der Waals surface area (Å²) in [6, 6.07) is 8.23. The van der Waals surface area contributed by atoms with Crippen LogP contribution in [-0.2, 0) is 14.8 Å². The van der Waals surface area contributed by atoms with Crippen molar-refractivity contribution < 1.29 is 22.7 Å². The summed E-state index contributed by atoms with van der Waals surface area (Å²) in [4.78, 5) is 11.5. The van der Waals surface area contributed by atoms with E-state index < -0.39 is 16.0 Å². The number of anilines is 1. The zero-order valence-electron chi connectivity index (χ0n) is 12.7. The predicted molar refractivity (Wildman–Crippen MR) is 91.6 cm³/mol. The van der Waals surface area contributed by atoms with Gasteiger partial charge >= 0.3 is 5.97 Å². The van der Waals surface area contributed by atoms with E-state index in [4.69, 9.17) is 27.9 Å². The molecule has 0 heterocycles. The summed E-state index contributed by atoms with van der Waals surface area (Å²) in [5.74, 6) is -0.376. The highest BCUT2D eigenvalue weighted by molar-refractivity contribution is 7.92. The minimum atomic E-state index is -4.02. The van der Waals surface area contributed by atoms with Gasteiger partial charge in [0.25, 0.3) is 10.0 Å². The smallest absolute Gasteiger partial charge is 0.337 e. The molecule has 0 atom stereocenters. The molecule has 0 aliphatic carbocycles. The van der Waals surface area contributed by atoms with Crippen LogP contribution in [0.4, 0.5) is 5.69 Å². The van der Waals surface area contributed by atoms with Crippen LogP contribution in [0.3, 0.4) is 0 Å². The van der Waals surface area contributed by atoms with Crippen LogP contribution >= 0.6 is 23.2 Å². The second kappa shape index (κ2) is 7.29. The van der Waals surface area contributed by atoms with Gasteiger partial charge in [-0.05, 0) is 36.4 Å². The number of halogens is 2.